The van der Waals surface area contributed by atoms with E-state index < -0.39 is 0 Å². The monoisotopic (exact) mass is 253 g/mol. The van der Waals surface area contributed by atoms with Crippen LogP contribution in [0.15, 0.2) is 54.6 Å². The van der Waals surface area contributed by atoms with Gasteiger partial charge in [0, 0.05) is 6.04 Å². The summed E-state index contributed by atoms with van der Waals surface area (Å²) in [4.78, 5) is 0. The molecule has 0 saturated carbocycles. The summed E-state index contributed by atoms with van der Waals surface area (Å²) in [5.74, 6) is 1.80. The molecule has 2 heteroatoms. The number of ether oxygens (including phenoxy) is 1. The minimum absolute atomic E-state index is 0.480. The van der Waals surface area contributed by atoms with Crippen molar-refractivity contribution in [2.75, 3.05) is 6.54 Å². The zero-order chi connectivity index (χ0) is 12.9. The Labute approximate surface area is 114 Å². The summed E-state index contributed by atoms with van der Waals surface area (Å²) in [5.41, 5.74) is 1.33. The van der Waals surface area contributed by atoms with Crippen LogP contribution in [0.4, 0.5) is 0 Å². The van der Waals surface area contributed by atoms with Crippen LogP contribution in [0.25, 0.3) is 0 Å². The molecule has 0 radical (unpaired) electrons. The Morgan fingerprint density at radius 2 is 1.74 bits per heavy atom. The van der Waals surface area contributed by atoms with E-state index in [0.717, 1.165) is 18.0 Å². The van der Waals surface area contributed by atoms with E-state index in [1.165, 1.54) is 24.8 Å². The molecular weight excluding hydrogens is 234 g/mol. The summed E-state index contributed by atoms with van der Waals surface area (Å²) in [6.45, 7) is 1.12. The van der Waals surface area contributed by atoms with Crippen LogP contribution in [-0.4, -0.2) is 6.54 Å². The van der Waals surface area contributed by atoms with E-state index in [0.29, 0.717) is 6.04 Å². The minimum Gasteiger partial charge on any atom is -0.457 e. The third-order valence-corrected chi connectivity index (χ3v) is 3.55. The average molecular weight is 253 g/mol. The molecule has 0 aliphatic carbocycles. The Morgan fingerprint density at radius 1 is 0.895 bits per heavy atom. The lowest BCUT2D eigenvalue weighted by Gasteiger charge is -2.24. The van der Waals surface area contributed by atoms with Gasteiger partial charge in [0.15, 0.2) is 0 Å². The van der Waals surface area contributed by atoms with Gasteiger partial charge >= 0.3 is 0 Å². The molecule has 2 aromatic carbocycles. The second kappa shape index (κ2) is 5.89. The zero-order valence-electron chi connectivity index (χ0n) is 11.0. The highest BCUT2D eigenvalue weighted by Gasteiger charge is 2.14. The Hall–Kier alpha value is -1.80. The molecule has 3 rings (SSSR count). The van der Waals surface area contributed by atoms with Gasteiger partial charge in [0.05, 0.1) is 0 Å². The fourth-order valence-electron chi connectivity index (χ4n) is 2.56. The fourth-order valence-corrected chi connectivity index (χ4v) is 2.56. The minimum atomic E-state index is 0.480. The maximum absolute atomic E-state index is 5.88. The van der Waals surface area contributed by atoms with Crippen LogP contribution in [0.5, 0.6) is 11.5 Å². The van der Waals surface area contributed by atoms with Crippen LogP contribution in [0, 0.1) is 0 Å². The van der Waals surface area contributed by atoms with Gasteiger partial charge in [-0.1, -0.05) is 36.8 Å². The topological polar surface area (TPSA) is 21.3 Å². The average Bonchev–Trinajstić information content (AvgIpc) is 2.49. The predicted octanol–water partition coefficient (Wildman–Crippen LogP) is 4.29. The molecule has 1 N–H and O–H groups in total. The molecule has 1 aliphatic rings. The van der Waals surface area contributed by atoms with Gasteiger partial charge in [-0.3, -0.25) is 0 Å². The Balaban J connectivity index is 1.76. The third-order valence-electron chi connectivity index (χ3n) is 3.55. The summed E-state index contributed by atoms with van der Waals surface area (Å²) in [7, 11) is 0. The number of hydrogen-bond acceptors (Lipinski definition) is 2. The van der Waals surface area contributed by atoms with Crippen LogP contribution in [-0.2, 0) is 0 Å². The zero-order valence-corrected chi connectivity index (χ0v) is 11.0. The van der Waals surface area contributed by atoms with E-state index in [1.807, 2.05) is 36.4 Å². The molecule has 1 saturated heterocycles. The maximum Gasteiger partial charge on any atom is 0.127 e. The first-order valence-corrected chi connectivity index (χ1v) is 6.98. The lowest BCUT2D eigenvalue weighted by Crippen LogP contribution is -2.26. The van der Waals surface area contributed by atoms with Crippen LogP contribution in [0.3, 0.4) is 0 Å². The van der Waals surface area contributed by atoms with Crippen molar-refractivity contribution in [3.63, 3.8) is 0 Å². The summed E-state index contributed by atoms with van der Waals surface area (Å²) >= 11 is 0. The van der Waals surface area contributed by atoms with Gasteiger partial charge in [-0.15, -0.1) is 0 Å². The quantitative estimate of drug-likeness (QED) is 0.880. The van der Waals surface area contributed by atoms with Crippen LogP contribution in [0.2, 0.25) is 0 Å². The molecule has 1 aliphatic heterocycles. The van der Waals surface area contributed by atoms with Crippen molar-refractivity contribution in [1.29, 1.82) is 0 Å². The number of piperidine rings is 1. The van der Waals surface area contributed by atoms with Crippen molar-refractivity contribution in [3.8, 4) is 11.5 Å². The number of para-hydroxylation sites is 1. The molecule has 0 aromatic heterocycles. The second-order valence-corrected chi connectivity index (χ2v) is 4.99. The molecule has 0 spiro atoms. The van der Waals surface area contributed by atoms with Crippen LogP contribution >= 0.6 is 0 Å². The smallest absolute Gasteiger partial charge is 0.127 e. The van der Waals surface area contributed by atoms with Gasteiger partial charge in [0.25, 0.3) is 0 Å². The number of benzene rings is 2. The van der Waals surface area contributed by atoms with Crippen molar-refractivity contribution in [2.45, 2.75) is 25.3 Å². The summed E-state index contributed by atoms with van der Waals surface area (Å²) < 4.78 is 5.88. The molecule has 2 aromatic rings. The second-order valence-electron chi connectivity index (χ2n) is 4.99. The number of nitrogens with one attached hydrogen (secondary N) is 1. The van der Waals surface area contributed by atoms with E-state index in [4.69, 9.17) is 4.74 Å². The van der Waals surface area contributed by atoms with Crippen molar-refractivity contribution in [2.24, 2.45) is 0 Å². The first kappa shape index (κ1) is 12.2. The molecular formula is C17H19NO. The van der Waals surface area contributed by atoms with Gasteiger partial charge in [-0.05, 0) is 49.2 Å². The molecule has 19 heavy (non-hydrogen) atoms. The molecule has 1 atom stereocenters. The maximum atomic E-state index is 5.88. The van der Waals surface area contributed by atoms with E-state index in [-0.39, 0.29) is 0 Å². The molecule has 1 unspecified atom stereocenters. The highest BCUT2D eigenvalue weighted by molar-refractivity contribution is 5.35. The number of rotatable bonds is 3. The molecule has 2 nitrogen and oxygen atoms in total. The SMILES string of the molecule is c1ccc(Oc2cccc(C3CCCCN3)c2)cc1. The Bertz CT molecular complexity index is 518. The van der Waals surface area contributed by atoms with E-state index in [9.17, 15) is 0 Å². The van der Waals surface area contributed by atoms with Gasteiger partial charge in [-0.2, -0.15) is 0 Å². The highest BCUT2D eigenvalue weighted by Crippen LogP contribution is 2.28. The van der Waals surface area contributed by atoms with Gasteiger partial charge in [0.2, 0.25) is 0 Å². The van der Waals surface area contributed by atoms with Crippen molar-refractivity contribution in [3.05, 3.63) is 60.2 Å². The molecule has 0 bridgehead atoms. The molecule has 1 heterocycles. The van der Waals surface area contributed by atoms with E-state index in [2.05, 4.69) is 23.5 Å². The van der Waals surface area contributed by atoms with Crippen molar-refractivity contribution < 1.29 is 4.74 Å². The third kappa shape index (κ3) is 3.15. The first-order valence-electron chi connectivity index (χ1n) is 6.98. The van der Waals surface area contributed by atoms with Gasteiger partial charge < -0.3 is 10.1 Å². The van der Waals surface area contributed by atoms with Gasteiger partial charge in [0.1, 0.15) is 11.5 Å². The van der Waals surface area contributed by atoms with Gasteiger partial charge in [-0.25, -0.2) is 0 Å². The standard InChI is InChI=1S/C17H19NO/c1-2-8-15(9-3-1)19-16-10-6-7-14(13-16)17-11-4-5-12-18-17/h1-3,6-10,13,17-18H,4-5,11-12H2. The Morgan fingerprint density at radius 3 is 2.53 bits per heavy atom. The Kier molecular flexibility index (Phi) is 3.80. The predicted molar refractivity (Wildman–Crippen MR) is 77.6 cm³/mol. The lowest BCUT2D eigenvalue weighted by atomic mass is 9.97. The van der Waals surface area contributed by atoms with Crippen LogP contribution in [0.1, 0.15) is 30.9 Å². The fraction of sp³-hybridized carbons (Fsp3) is 0.294. The highest BCUT2D eigenvalue weighted by atomic mass is 16.5. The molecule has 1 fully saturated rings. The largest absolute Gasteiger partial charge is 0.457 e. The normalized spacial score (nSPS) is 19.1. The first-order chi connectivity index (χ1) is 9.42. The lowest BCUT2D eigenvalue weighted by molar-refractivity contribution is 0.410. The van der Waals surface area contributed by atoms with E-state index >= 15 is 0 Å². The van der Waals surface area contributed by atoms with Crippen molar-refractivity contribution in [1.82, 2.24) is 5.32 Å². The number of hydrogen-bond donors (Lipinski definition) is 1. The summed E-state index contributed by atoms with van der Waals surface area (Å²) in [6, 6.07) is 18.8. The summed E-state index contributed by atoms with van der Waals surface area (Å²) in [5, 5.41) is 3.57. The van der Waals surface area contributed by atoms with E-state index in [1.54, 1.807) is 0 Å². The molecule has 0 amide bonds. The van der Waals surface area contributed by atoms with Crippen LogP contribution < -0.4 is 10.1 Å². The van der Waals surface area contributed by atoms with Crippen molar-refractivity contribution >= 4 is 0 Å². The summed E-state index contributed by atoms with van der Waals surface area (Å²) in [6.07, 6.45) is 3.81. The molecule has 98 valence electrons.